The molecule has 0 saturated carbocycles. The zero-order chi connectivity index (χ0) is 22.1. The van der Waals surface area contributed by atoms with E-state index in [2.05, 4.69) is 10.1 Å². The third kappa shape index (κ3) is 3.65. The molecule has 0 saturated heterocycles. The lowest BCUT2D eigenvalue weighted by Gasteiger charge is -2.11. The highest BCUT2D eigenvalue weighted by atomic mass is 16.5. The van der Waals surface area contributed by atoms with Crippen molar-refractivity contribution in [1.82, 2.24) is 14.8 Å². The first-order chi connectivity index (χ1) is 14.9. The molecular weight excluding hydrogens is 398 g/mol. The number of carbonyl (C=O) groups excluding carboxylic acids is 1. The number of nitrogens with zero attached hydrogens (tertiary/aromatic N) is 2. The average molecular weight is 421 g/mol. The Hall–Kier alpha value is -4.01. The van der Waals surface area contributed by atoms with Crippen molar-refractivity contribution < 1.29 is 14.3 Å². The van der Waals surface area contributed by atoms with E-state index in [1.165, 1.54) is 7.11 Å². The van der Waals surface area contributed by atoms with E-state index in [-0.39, 0.29) is 29.8 Å². The largest absolute Gasteiger partial charge is 0.497 e. The highest BCUT2D eigenvalue weighted by Crippen LogP contribution is 2.36. The zero-order valence-corrected chi connectivity index (χ0v) is 17.3. The molecule has 9 nitrogen and oxygen atoms in total. The molecule has 0 aliphatic rings. The van der Waals surface area contributed by atoms with Crippen LogP contribution in [0.25, 0.3) is 27.5 Å². The van der Waals surface area contributed by atoms with Crippen LogP contribution in [0.3, 0.4) is 0 Å². The predicted octanol–water partition coefficient (Wildman–Crippen LogP) is 2.41. The molecule has 0 aliphatic carbocycles. The predicted molar refractivity (Wildman–Crippen MR) is 119 cm³/mol. The zero-order valence-electron chi connectivity index (χ0n) is 17.3. The fourth-order valence-electron chi connectivity index (χ4n) is 3.59. The maximum absolute atomic E-state index is 12.9. The second-order valence-electron chi connectivity index (χ2n) is 7.23. The van der Waals surface area contributed by atoms with Gasteiger partial charge in [-0.15, -0.1) is 0 Å². The van der Waals surface area contributed by atoms with Gasteiger partial charge in [0.25, 0.3) is 5.56 Å². The Balaban J connectivity index is 1.94. The molecule has 0 bridgehead atoms. The molecule has 31 heavy (non-hydrogen) atoms. The number of aromatic nitrogens is 3. The molecule has 0 fully saturated rings. The van der Waals surface area contributed by atoms with E-state index in [4.69, 9.17) is 20.9 Å². The minimum atomic E-state index is -0.393. The van der Waals surface area contributed by atoms with E-state index in [0.29, 0.717) is 34.3 Å². The molecule has 5 N–H and O–H groups in total. The first kappa shape index (κ1) is 20.3. The van der Waals surface area contributed by atoms with Crippen molar-refractivity contribution in [3.05, 3.63) is 52.3 Å². The number of pyridine rings is 1. The number of fused-ring (bicyclic) bond motifs is 3. The summed E-state index contributed by atoms with van der Waals surface area (Å²) in [6.45, 7) is 2.21. The van der Waals surface area contributed by atoms with Crippen LogP contribution in [-0.2, 0) is 4.79 Å². The smallest absolute Gasteiger partial charge is 0.261 e. The molecule has 4 rings (SSSR count). The van der Waals surface area contributed by atoms with E-state index in [1.54, 1.807) is 16.8 Å². The molecular formula is C22H23N5O4. The highest BCUT2D eigenvalue weighted by molar-refractivity contribution is 6.10. The van der Waals surface area contributed by atoms with Crippen molar-refractivity contribution in [2.75, 3.05) is 19.5 Å². The van der Waals surface area contributed by atoms with E-state index >= 15 is 0 Å². The van der Waals surface area contributed by atoms with Crippen LogP contribution in [0.2, 0.25) is 0 Å². The number of amides is 1. The number of aryl methyl sites for hydroxylation is 1. The van der Waals surface area contributed by atoms with Gasteiger partial charge in [0.15, 0.2) is 0 Å². The average Bonchev–Trinajstić information content (AvgIpc) is 3.08. The molecule has 2 heterocycles. The number of para-hydroxylation sites is 1. The summed E-state index contributed by atoms with van der Waals surface area (Å²) in [6.07, 6.45) is 0.670. The van der Waals surface area contributed by atoms with Gasteiger partial charge in [-0.05, 0) is 25.0 Å². The Kier molecular flexibility index (Phi) is 5.24. The topological polar surface area (TPSA) is 138 Å². The Morgan fingerprint density at radius 1 is 1.23 bits per heavy atom. The van der Waals surface area contributed by atoms with E-state index in [9.17, 15) is 9.59 Å². The summed E-state index contributed by atoms with van der Waals surface area (Å²) in [5, 5.41) is 5.57. The number of hydrogen-bond acceptors (Lipinski definition) is 6. The summed E-state index contributed by atoms with van der Waals surface area (Å²) in [5.41, 5.74) is 13.9. The maximum Gasteiger partial charge on any atom is 0.261 e. The van der Waals surface area contributed by atoms with Crippen LogP contribution in [0.1, 0.15) is 18.4 Å². The number of ether oxygens (including phenoxy) is 2. The SMILES string of the molecule is COc1cc(OCCCC(N)=O)c2c(c1)[nH]c(=O)c1c(N)n(-c3ccccc3C)nc12. The summed E-state index contributed by atoms with van der Waals surface area (Å²) >= 11 is 0. The van der Waals surface area contributed by atoms with Crippen LogP contribution < -0.4 is 26.5 Å². The number of rotatable bonds is 7. The summed E-state index contributed by atoms with van der Waals surface area (Å²) < 4.78 is 12.9. The third-order valence-corrected chi connectivity index (χ3v) is 5.11. The van der Waals surface area contributed by atoms with E-state index < -0.39 is 5.91 Å². The number of nitrogens with two attached hydrogens (primary N) is 2. The Morgan fingerprint density at radius 3 is 2.71 bits per heavy atom. The van der Waals surface area contributed by atoms with Crippen LogP contribution in [-0.4, -0.2) is 34.4 Å². The van der Waals surface area contributed by atoms with Crippen LogP contribution >= 0.6 is 0 Å². The quantitative estimate of drug-likeness (QED) is 0.392. The minimum Gasteiger partial charge on any atom is -0.497 e. The lowest BCUT2D eigenvalue weighted by Crippen LogP contribution is -2.12. The second-order valence-corrected chi connectivity index (χ2v) is 7.23. The fourth-order valence-corrected chi connectivity index (χ4v) is 3.59. The molecule has 160 valence electrons. The minimum absolute atomic E-state index is 0.211. The molecule has 0 aliphatic heterocycles. The number of H-pyrrole nitrogens is 1. The van der Waals surface area contributed by atoms with Crippen molar-refractivity contribution in [1.29, 1.82) is 0 Å². The number of benzene rings is 2. The lowest BCUT2D eigenvalue weighted by molar-refractivity contribution is -0.118. The molecule has 9 heteroatoms. The highest BCUT2D eigenvalue weighted by Gasteiger charge is 2.20. The van der Waals surface area contributed by atoms with Gasteiger partial charge in [-0.1, -0.05) is 18.2 Å². The van der Waals surface area contributed by atoms with E-state index in [0.717, 1.165) is 11.3 Å². The van der Waals surface area contributed by atoms with Crippen LogP contribution in [0.5, 0.6) is 11.5 Å². The van der Waals surface area contributed by atoms with Gasteiger partial charge in [-0.2, -0.15) is 5.10 Å². The number of primary amides is 1. The maximum atomic E-state index is 12.9. The normalized spacial score (nSPS) is 11.2. The third-order valence-electron chi connectivity index (χ3n) is 5.11. The van der Waals surface area contributed by atoms with E-state index in [1.807, 2.05) is 31.2 Å². The van der Waals surface area contributed by atoms with Gasteiger partial charge in [0.05, 0.1) is 30.3 Å². The van der Waals surface area contributed by atoms with Gasteiger partial charge < -0.3 is 25.9 Å². The molecule has 2 aromatic carbocycles. The molecule has 0 spiro atoms. The second kappa shape index (κ2) is 8.02. The number of nitrogen functional groups attached to an aromatic ring is 1. The summed E-state index contributed by atoms with van der Waals surface area (Å²) in [4.78, 5) is 26.7. The number of methoxy groups -OCH3 is 1. The molecule has 2 aromatic heterocycles. The fraction of sp³-hybridized carbons (Fsp3) is 0.227. The molecule has 1 amide bonds. The number of carbonyl (C=O) groups is 1. The van der Waals surface area contributed by atoms with Crippen molar-refractivity contribution >= 4 is 33.5 Å². The summed E-state index contributed by atoms with van der Waals surface area (Å²) in [7, 11) is 1.53. The van der Waals surface area contributed by atoms with Gasteiger partial charge in [-0.25, -0.2) is 4.68 Å². The molecule has 0 unspecified atom stereocenters. The Labute approximate surface area is 177 Å². The monoisotopic (exact) mass is 421 g/mol. The number of aromatic amines is 1. The van der Waals surface area contributed by atoms with Crippen molar-refractivity contribution in [2.24, 2.45) is 5.73 Å². The van der Waals surface area contributed by atoms with Gasteiger partial charge in [0.1, 0.15) is 28.2 Å². The van der Waals surface area contributed by atoms with Gasteiger partial charge in [-0.3, -0.25) is 9.59 Å². The number of nitrogens with one attached hydrogen (secondary N) is 1. The standard InChI is InChI=1S/C22H23N5O4/c1-12-6-3-4-7-15(12)27-21(24)19-20(26-27)18-14(25-22(19)29)10-13(30-2)11-16(18)31-9-5-8-17(23)28/h3-4,6-7,10-11H,5,8-9,24H2,1-2H3,(H2,23,28)(H,25,29). The Bertz CT molecular complexity index is 1360. The first-order valence-corrected chi connectivity index (χ1v) is 9.80. The molecule has 0 radical (unpaired) electrons. The van der Waals surface area contributed by atoms with Gasteiger partial charge in [0.2, 0.25) is 5.91 Å². The first-order valence-electron chi connectivity index (χ1n) is 9.80. The van der Waals surface area contributed by atoms with Crippen molar-refractivity contribution in [3.63, 3.8) is 0 Å². The molecule has 0 atom stereocenters. The van der Waals surface area contributed by atoms with Crippen molar-refractivity contribution in [3.8, 4) is 17.2 Å². The van der Waals surface area contributed by atoms with Crippen molar-refractivity contribution in [2.45, 2.75) is 19.8 Å². The van der Waals surface area contributed by atoms with Crippen LogP contribution in [0.4, 0.5) is 5.82 Å². The lowest BCUT2D eigenvalue weighted by atomic mass is 10.1. The van der Waals surface area contributed by atoms with Gasteiger partial charge >= 0.3 is 0 Å². The van der Waals surface area contributed by atoms with Gasteiger partial charge in [0, 0.05) is 18.6 Å². The summed E-state index contributed by atoms with van der Waals surface area (Å²) in [5.74, 6) is 0.826. The van der Waals surface area contributed by atoms with Crippen LogP contribution in [0, 0.1) is 6.92 Å². The number of anilines is 1. The Morgan fingerprint density at radius 2 is 2.00 bits per heavy atom. The van der Waals surface area contributed by atoms with Crippen LogP contribution in [0.15, 0.2) is 41.2 Å². The number of hydrogen-bond donors (Lipinski definition) is 3. The molecule has 4 aromatic rings. The summed E-state index contributed by atoms with van der Waals surface area (Å²) in [6, 6.07) is 11.1.